The van der Waals surface area contributed by atoms with Gasteiger partial charge in [0.15, 0.2) is 10.4 Å². The van der Waals surface area contributed by atoms with Crippen LogP contribution in [-0.4, -0.2) is 36.0 Å². The van der Waals surface area contributed by atoms with Gasteiger partial charge in [-0.2, -0.15) is 0 Å². The molecule has 4 nitrogen and oxygen atoms in total. The molecular formula is C13H17BrN2O2. The molecule has 18 heavy (non-hydrogen) atoms. The summed E-state index contributed by atoms with van der Waals surface area (Å²) < 4.78 is 5.86. The van der Waals surface area contributed by atoms with Crippen molar-refractivity contribution in [2.24, 2.45) is 0 Å². The zero-order valence-corrected chi connectivity index (χ0v) is 11.8. The third-order valence-electron chi connectivity index (χ3n) is 3.95. The lowest BCUT2D eigenvalue weighted by atomic mass is 9.97. The highest BCUT2D eigenvalue weighted by atomic mass is 79.9. The number of hydrogen-bond acceptors (Lipinski definition) is 3. The normalized spacial score (nSPS) is 28.1. The van der Waals surface area contributed by atoms with Crippen LogP contribution >= 0.6 is 15.9 Å². The van der Waals surface area contributed by atoms with Gasteiger partial charge in [0.25, 0.3) is 5.91 Å². The minimum atomic E-state index is -0.0999. The quantitative estimate of drug-likeness (QED) is 0.912. The second-order valence-electron chi connectivity index (χ2n) is 5.13. The van der Waals surface area contributed by atoms with Crippen LogP contribution in [-0.2, 0) is 0 Å². The Balaban J connectivity index is 1.58. The van der Waals surface area contributed by atoms with Crippen LogP contribution in [0.2, 0.25) is 0 Å². The minimum Gasteiger partial charge on any atom is -0.444 e. The standard InChI is InChI=1S/C13H17BrN2O2/c14-12-4-3-11(18-12)13(17)15-9-5-7-16-6-1-2-10(16)8-9/h3-4,9-10H,1-2,5-8H2,(H,15,17). The first-order valence-corrected chi connectivity index (χ1v) is 7.32. The fraction of sp³-hybridized carbons (Fsp3) is 0.615. The topological polar surface area (TPSA) is 45.5 Å². The summed E-state index contributed by atoms with van der Waals surface area (Å²) in [6.07, 6.45) is 4.70. The lowest BCUT2D eigenvalue weighted by molar-refractivity contribution is 0.0867. The van der Waals surface area contributed by atoms with Crippen molar-refractivity contribution < 1.29 is 9.21 Å². The van der Waals surface area contributed by atoms with Crippen molar-refractivity contribution >= 4 is 21.8 Å². The Morgan fingerprint density at radius 1 is 1.39 bits per heavy atom. The highest BCUT2D eigenvalue weighted by Gasteiger charge is 2.32. The Morgan fingerprint density at radius 3 is 3.06 bits per heavy atom. The van der Waals surface area contributed by atoms with E-state index in [9.17, 15) is 4.79 Å². The summed E-state index contributed by atoms with van der Waals surface area (Å²) in [5.41, 5.74) is 0. The molecule has 0 saturated carbocycles. The van der Waals surface area contributed by atoms with Crippen molar-refractivity contribution in [3.8, 4) is 0 Å². The average Bonchev–Trinajstić information content (AvgIpc) is 2.96. The molecule has 98 valence electrons. The second-order valence-corrected chi connectivity index (χ2v) is 5.91. The third-order valence-corrected chi connectivity index (χ3v) is 4.38. The maximum absolute atomic E-state index is 12.0. The Labute approximate surface area is 115 Å². The molecule has 0 radical (unpaired) electrons. The first kappa shape index (κ1) is 12.2. The van der Waals surface area contributed by atoms with E-state index in [1.165, 1.54) is 19.4 Å². The maximum Gasteiger partial charge on any atom is 0.287 e. The summed E-state index contributed by atoms with van der Waals surface area (Å²) in [6, 6.07) is 4.41. The largest absolute Gasteiger partial charge is 0.444 e. The predicted octanol–water partition coefficient (Wildman–Crippen LogP) is 2.40. The van der Waals surface area contributed by atoms with Crippen LogP contribution in [0.3, 0.4) is 0 Å². The van der Waals surface area contributed by atoms with E-state index < -0.39 is 0 Å². The molecule has 2 saturated heterocycles. The summed E-state index contributed by atoms with van der Waals surface area (Å²) in [5.74, 6) is 0.285. The summed E-state index contributed by atoms with van der Waals surface area (Å²) in [6.45, 7) is 2.34. The van der Waals surface area contributed by atoms with Crippen molar-refractivity contribution in [2.75, 3.05) is 13.1 Å². The molecule has 1 N–H and O–H groups in total. The van der Waals surface area contributed by atoms with Gasteiger partial charge < -0.3 is 14.6 Å². The van der Waals surface area contributed by atoms with Crippen LogP contribution in [0, 0.1) is 0 Å². The summed E-state index contributed by atoms with van der Waals surface area (Å²) in [4.78, 5) is 14.5. The number of fused-ring (bicyclic) bond motifs is 1. The molecule has 1 amide bonds. The SMILES string of the molecule is O=C(NC1CCN2CCCC2C1)c1ccc(Br)o1. The van der Waals surface area contributed by atoms with E-state index in [1.54, 1.807) is 12.1 Å². The van der Waals surface area contributed by atoms with E-state index in [2.05, 4.69) is 26.1 Å². The highest BCUT2D eigenvalue weighted by molar-refractivity contribution is 9.10. The zero-order valence-electron chi connectivity index (χ0n) is 10.2. The number of carbonyl (C=O) groups excluding carboxylic acids is 1. The molecule has 0 spiro atoms. The molecule has 2 atom stereocenters. The lowest BCUT2D eigenvalue weighted by Crippen LogP contribution is -2.47. The Kier molecular flexibility index (Phi) is 3.43. The van der Waals surface area contributed by atoms with Crippen molar-refractivity contribution in [3.05, 3.63) is 22.6 Å². The number of nitrogens with one attached hydrogen (secondary N) is 1. The zero-order chi connectivity index (χ0) is 12.5. The van der Waals surface area contributed by atoms with Gasteiger partial charge in [0, 0.05) is 18.6 Å². The van der Waals surface area contributed by atoms with Crippen LogP contribution in [0.1, 0.15) is 36.2 Å². The molecule has 0 bridgehead atoms. The number of piperidine rings is 1. The molecular weight excluding hydrogens is 296 g/mol. The first-order chi connectivity index (χ1) is 8.72. The van der Waals surface area contributed by atoms with E-state index in [4.69, 9.17) is 4.42 Å². The number of carbonyl (C=O) groups is 1. The van der Waals surface area contributed by atoms with Gasteiger partial charge in [-0.1, -0.05) is 0 Å². The molecule has 0 aliphatic carbocycles. The second kappa shape index (κ2) is 5.05. The van der Waals surface area contributed by atoms with Gasteiger partial charge in [0.2, 0.25) is 0 Å². The Morgan fingerprint density at radius 2 is 2.28 bits per heavy atom. The smallest absolute Gasteiger partial charge is 0.287 e. The number of rotatable bonds is 2. The van der Waals surface area contributed by atoms with E-state index in [-0.39, 0.29) is 5.91 Å². The lowest BCUT2D eigenvalue weighted by Gasteiger charge is -2.34. The van der Waals surface area contributed by atoms with Gasteiger partial charge in [0.1, 0.15) is 0 Å². The molecule has 0 aromatic carbocycles. The predicted molar refractivity (Wildman–Crippen MR) is 71.5 cm³/mol. The Hall–Kier alpha value is -0.810. The van der Waals surface area contributed by atoms with E-state index in [0.29, 0.717) is 22.5 Å². The molecule has 2 aliphatic rings. The van der Waals surface area contributed by atoms with E-state index in [1.807, 2.05) is 0 Å². The average molecular weight is 313 g/mol. The van der Waals surface area contributed by atoms with Crippen molar-refractivity contribution in [1.29, 1.82) is 0 Å². The minimum absolute atomic E-state index is 0.0999. The van der Waals surface area contributed by atoms with Gasteiger partial charge in [-0.25, -0.2) is 0 Å². The maximum atomic E-state index is 12.0. The Bertz CT molecular complexity index is 446. The van der Waals surface area contributed by atoms with Gasteiger partial charge in [-0.15, -0.1) is 0 Å². The van der Waals surface area contributed by atoms with Crippen LogP contribution in [0.15, 0.2) is 21.2 Å². The fourth-order valence-corrected chi connectivity index (χ4v) is 3.35. The number of nitrogens with zero attached hydrogens (tertiary/aromatic N) is 1. The highest BCUT2D eigenvalue weighted by Crippen LogP contribution is 2.27. The van der Waals surface area contributed by atoms with Gasteiger partial charge in [0.05, 0.1) is 0 Å². The fourth-order valence-electron chi connectivity index (χ4n) is 3.05. The van der Waals surface area contributed by atoms with Crippen LogP contribution in [0.5, 0.6) is 0 Å². The number of furan rings is 1. The van der Waals surface area contributed by atoms with E-state index >= 15 is 0 Å². The van der Waals surface area contributed by atoms with Gasteiger partial charge in [-0.3, -0.25) is 4.79 Å². The first-order valence-electron chi connectivity index (χ1n) is 6.52. The molecule has 2 fully saturated rings. The molecule has 3 rings (SSSR count). The number of halogens is 1. The molecule has 3 heterocycles. The summed E-state index contributed by atoms with van der Waals surface area (Å²) >= 11 is 3.21. The summed E-state index contributed by atoms with van der Waals surface area (Å²) in [5, 5.41) is 3.08. The number of amides is 1. The molecule has 5 heteroatoms. The van der Waals surface area contributed by atoms with Crippen LogP contribution in [0.25, 0.3) is 0 Å². The third kappa shape index (κ3) is 2.47. The van der Waals surface area contributed by atoms with Gasteiger partial charge >= 0.3 is 0 Å². The van der Waals surface area contributed by atoms with Crippen molar-refractivity contribution in [1.82, 2.24) is 10.2 Å². The molecule has 1 aromatic heterocycles. The van der Waals surface area contributed by atoms with Crippen molar-refractivity contribution in [2.45, 2.75) is 37.8 Å². The van der Waals surface area contributed by atoms with E-state index in [0.717, 1.165) is 19.4 Å². The van der Waals surface area contributed by atoms with Crippen LogP contribution in [0.4, 0.5) is 0 Å². The van der Waals surface area contributed by atoms with Crippen LogP contribution < -0.4 is 5.32 Å². The number of hydrogen-bond donors (Lipinski definition) is 1. The summed E-state index contributed by atoms with van der Waals surface area (Å²) in [7, 11) is 0. The molecule has 2 unspecified atom stereocenters. The molecule has 1 aromatic rings. The van der Waals surface area contributed by atoms with Gasteiger partial charge in [-0.05, 0) is 60.3 Å². The van der Waals surface area contributed by atoms with Crippen molar-refractivity contribution in [3.63, 3.8) is 0 Å². The monoisotopic (exact) mass is 312 g/mol. The molecule has 2 aliphatic heterocycles.